The summed E-state index contributed by atoms with van der Waals surface area (Å²) in [6.07, 6.45) is 3.31. The molecule has 1 saturated heterocycles. The number of hydrogen-bond acceptors (Lipinski definition) is 7. The van der Waals surface area contributed by atoms with E-state index in [1.165, 1.54) is 24.4 Å². The molecule has 0 unspecified atom stereocenters. The van der Waals surface area contributed by atoms with Gasteiger partial charge in [-0.05, 0) is 59.1 Å². The number of likely N-dealkylation sites (tertiary alicyclic amines) is 1. The van der Waals surface area contributed by atoms with Gasteiger partial charge in [0.15, 0.2) is 5.75 Å². The summed E-state index contributed by atoms with van der Waals surface area (Å²) >= 11 is 0. The van der Waals surface area contributed by atoms with Gasteiger partial charge in [-0.2, -0.15) is 12.8 Å². The topological polar surface area (TPSA) is 95.0 Å². The Bertz CT molecular complexity index is 1250. The number of aryl methyl sites for hydroxylation is 1. The third-order valence-electron chi connectivity index (χ3n) is 5.49. The number of unbranched alkanes of at least 4 members (excludes halogenated alkanes) is 2. The summed E-state index contributed by atoms with van der Waals surface area (Å²) in [5.41, 5.74) is 0.871. The molecule has 3 rings (SSSR count). The highest BCUT2D eigenvalue weighted by atomic mass is 32.2. The Morgan fingerprint density at radius 3 is 2.59 bits per heavy atom. The van der Waals surface area contributed by atoms with Gasteiger partial charge in [0.1, 0.15) is 12.2 Å². The lowest BCUT2D eigenvalue weighted by Gasteiger charge is -2.40. The highest BCUT2D eigenvalue weighted by molar-refractivity contribution is 7.86. The second-order valence-corrected chi connectivity index (χ2v) is 11.4. The Balaban J connectivity index is 1.42. The molecule has 1 atom stereocenters. The van der Waals surface area contributed by atoms with Gasteiger partial charge in [0, 0.05) is 30.8 Å². The summed E-state index contributed by atoms with van der Waals surface area (Å²) in [5.74, 6) is 5.11. The zero-order valence-corrected chi connectivity index (χ0v) is 22.4. The summed E-state index contributed by atoms with van der Waals surface area (Å²) in [6.45, 7) is 8.04. The summed E-state index contributed by atoms with van der Waals surface area (Å²) < 4.78 is 54.5. The molecule has 200 valence electrons. The van der Waals surface area contributed by atoms with E-state index < -0.39 is 27.8 Å². The Morgan fingerprint density at radius 2 is 1.95 bits per heavy atom. The third-order valence-corrected chi connectivity index (χ3v) is 6.81. The maximum absolute atomic E-state index is 14.1. The third kappa shape index (κ3) is 8.72. The van der Waals surface area contributed by atoms with Gasteiger partial charge in [0.05, 0.1) is 17.5 Å². The van der Waals surface area contributed by atoms with E-state index in [1.807, 2.05) is 6.92 Å². The van der Waals surface area contributed by atoms with Crippen molar-refractivity contribution in [3.8, 4) is 17.6 Å². The first kappa shape index (κ1) is 28.4. The fourth-order valence-corrected chi connectivity index (χ4v) is 4.32. The second kappa shape index (κ2) is 12.4. The van der Waals surface area contributed by atoms with Gasteiger partial charge in [-0.15, -0.1) is 0 Å². The van der Waals surface area contributed by atoms with Crippen LogP contribution in [0, 0.1) is 24.7 Å². The Hall–Kier alpha value is -3.16. The van der Waals surface area contributed by atoms with Crippen LogP contribution >= 0.6 is 0 Å². The zero-order valence-electron chi connectivity index (χ0n) is 21.6. The van der Waals surface area contributed by atoms with Crippen molar-refractivity contribution >= 4 is 16.2 Å². The molecular formula is C27H33FN2O6S. The Labute approximate surface area is 218 Å². The molecule has 1 aromatic heterocycles. The number of pyridine rings is 1. The van der Waals surface area contributed by atoms with Gasteiger partial charge in [0.2, 0.25) is 0 Å². The molecule has 0 N–H and O–H groups in total. The number of amides is 1. The second-order valence-electron chi connectivity index (χ2n) is 9.79. The van der Waals surface area contributed by atoms with Crippen molar-refractivity contribution in [2.24, 2.45) is 0 Å². The number of benzene rings is 1. The summed E-state index contributed by atoms with van der Waals surface area (Å²) in [7, 11) is -3.77. The van der Waals surface area contributed by atoms with Crippen molar-refractivity contribution in [1.82, 2.24) is 9.88 Å². The maximum atomic E-state index is 14.1. The molecule has 0 bridgehead atoms. The van der Waals surface area contributed by atoms with Crippen LogP contribution in [-0.2, 0) is 19.0 Å². The molecule has 0 radical (unpaired) electrons. The summed E-state index contributed by atoms with van der Waals surface area (Å²) in [6, 6.07) is 7.77. The standard InChI is InChI=1S/C27H33FN2O6S/c1-20-10-12-23(13-11-20)37(32,33)35-16-8-6-5-7-9-21-17-24(25(28)29-18-21)34-19-22-14-15-30(22)26(31)36-27(2,3)4/h10-13,17-18,22H,5-6,8,14-16,19H2,1-4H3/t22-/m0/s1. The number of rotatable bonds is 9. The normalized spacial score (nSPS) is 15.4. The van der Waals surface area contributed by atoms with E-state index in [4.69, 9.17) is 13.7 Å². The summed E-state index contributed by atoms with van der Waals surface area (Å²) in [5, 5.41) is 0. The van der Waals surface area contributed by atoms with E-state index in [2.05, 4.69) is 16.8 Å². The average molecular weight is 533 g/mol. The highest BCUT2D eigenvalue weighted by Gasteiger charge is 2.35. The van der Waals surface area contributed by atoms with Gasteiger partial charge < -0.3 is 14.4 Å². The van der Waals surface area contributed by atoms with Crippen LogP contribution in [0.1, 0.15) is 57.6 Å². The van der Waals surface area contributed by atoms with Gasteiger partial charge in [0.25, 0.3) is 16.1 Å². The average Bonchev–Trinajstić information content (AvgIpc) is 2.78. The molecule has 10 heteroatoms. The SMILES string of the molecule is Cc1ccc(S(=O)(=O)OCCCCC#Cc2cnc(F)c(OC[C@@H]3CCN3C(=O)OC(C)(C)C)c2)cc1. The largest absolute Gasteiger partial charge is 0.487 e. The fraction of sp³-hybridized carbons (Fsp3) is 0.481. The van der Waals surface area contributed by atoms with E-state index in [1.54, 1.807) is 37.8 Å². The van der Waals surface area contributed by atoms with E-state index in [0.29, 0.717) is 31.4 Å². The van der Waals surface area contributed by atoms with Crippen molar-refractivity contribution in [1.29, 1.82) is 0 Å². The molecule has 1 aliphatic rings. The van der Waals surface area contributed by atoms with Crippen LogP contribution in [0.25, 0.3) is 0 Å². The molecule has 0 spiro atoms. The molecule has 0 saturated carbocycles. The molecular weight excluding hydrogens is 499 g/mol. The Morgan fingerprint density at radius 1 is 1.22 bits per heavy atom. The molecule has 1 aliphatic heterocycles. The van der Waals surface area contributed by atoms with Crippen LogP contribution < -0.4 is 4.74 Å². The lowest BCUT2D eigenvalue weighted by Crippen LogP contribution is -2.55. The smallest absolute Gasteiger partial charge is 0.410 e. The number of carbonyl (C=O) groups is 1. The quantitative estimate of drug-likeness (QED) is 0.197. The fourth-order valence-electron chi connectivity index (χ4n) is 3.38. The molecule has 2 aromatic rings. The molecule has 8 nitrogen and oxygen atoms in total. The number of nitrogens with zero attached hydrogens (tertiary/aromatic N) is 2. The predicted molar refractivity (Wildman–Crippen MR) is 136 cm³/mol. The number of halogens is 1. The molecule has 2 heterocycles. The number of ether oxygens (including phenoxy) is 2. The first-order valence-electron chi connectivity index (χ1n) is 12.2. The lowest BCUT2D eigenvalue weighted by atomic mass is 10.1. The van der Waals surface area contributed by atoms with Gasteiger partial charge in [-0.1, -0.05) is 29.5 Å². The molecule has 1 aromatic carbocycles. The molecule has 0 aliphatic carbocycles. The Kier molecular flexibility index (Phi) is 9.51. The van der Waals surface area contributed by atoms with Crippen molar-refractivity contribution < 1.29 is 31.3 Å². The number of hydrogen-bond donors (Lipinski definition) is 0. The molecule has 1 fully saturated rings. The van der Waals surface area contributed by atoms with E-state index in [0.717, 1.165) is 12.0 Å². The minimum atomic E-state index is -3.77. The number of carbonyl (C=O) groups excluding carboxylic acids is 1. The van der Waals surface area contributed by atoms with Crippen LogP contribution in [-0.4, -0.2) is 55.8 Å². The lowest BCUT2D eigenvalue weighted by molar-refractivity contribution is -0.0144. The monoisotopic (exact) mass is 532 g/mol. The van der Waals surface area contributed by atoms with E-state index >= 15 is 0 Å². The number of aromatic nitrogens is 1. The van der Waals surface area contributed by atoms with Crippen LogP contribution in [0.4, 0.5) is 9.18 Å². The molecule has 37 heavy (non-hydrogen) atoms. The van der Waals surface area contributed by atoms with Gasteiger partial charge >= 0.3 is 6.09 Å². The first-order valence-corrected chi connectivity index (χ1v) is 13.6. The first-order chi connectivity index (χ1) is 17.4. The maximum Gasteiger partial charge on any atom is 0.410 e. The van der Waals surface area contributed by atoms with Crippen LogP contribution in [0.5, 0.6) is 5.75 Å². The zero-order chi connectivity index (χ0) is 27.1. The molecule has 1 amide bonds. The predicted octanol–water partition coefficient (Wildman–Crippen LogP) is 4.84. The van der Waals surface area contributed by atoms with E-state index in [9.17, 15) is 17.6 Å². The van der Waals surface area contributed by atoms with Crippen molar-refractivity contribution in [3.05, 3.63) is 53.6 Å². The summed E-state index contributed by atoms with van der Waals surface area (Å²) in [4.78, 5) is 17.6. The van der Waals surface area contributed by atoms with Gasteiger partial charge in [-0.3, -0.25) is 4.18 Å². The van der Waals surface area contributed by atoms with Crippen LogP contribution in [0.3, 0.4) is 0 Å². The van der Waals surface area contributed by atoms with Crippen molar-refractivity contribution in [2.75, 3.05) is 19.8 Å². The van der Waals surface area contributed by atoms with Crippen molar-refractivity contribution in [3.63, 3.8) is 0 Å². The van der Waals surface area contributed by atoms with Crippen LogP contribution in [0.15, 0.2) is 41.4 Å². The van der Waals surface area contributed by atoms with E-state index in [-0.39, 0.29) is 29.9 Å². The minimum absolute atomic E-state index is 0.0300. The minimum Gasteiger partial charge on any atom is -0.487 e. The van der Waals surface area contributed by atoms with Crippen molar-refractivity contribution in [2.45, 2.75) is 69.9 Å². The highest BCUT2D eigenvalue weighted by Crippen LogP contribution is 2.24. The van der Waals surface area contributed by atoms with Gasteiger partial charge in [-0.25, -0.2) is 9.78 Å². The van der Waals surface area contributed by atoms with Crippen LogP contribution in [0.2, 0.25) is 0 Å².